The molecule has 1 aromatic carbocycles. The van der Waals surface area contributed by atoms with Crippen LogP contribution in [0.3, 0.4) is 0 Å². The fourth-order valence-corrected chi connectivity index (χ4v) is 3.59. The minimum atomic E-state index is -0.561. The summed E-state index contributed by atoms with van der Waals surface area (Å²) < 4.78 is 7.35. The van der Waals surface area contributed by atoms with Crippen molar-refractivity contribution in [3.8, 4) is 0 Å². The van der Waals surface area contributed by atoms with E-state index in [0.717, 1.165) is 54.6 Å². The number of aliphatic hydroxyl groups excluding tert-OH is 1. The summed E-state index contributed by atoms with van der Waals surface area (Å²) in [5.41, 5.74) is 2.35. The maximum atomic E-state index is 13.0. The van der Waals surface area contributed by atoms with Crippen LogP contribution in [0.5, 0.6) is 0 Å². The summed E-state index contributed by atoms with van der Waals surface area (Å²) in [5.74, 6) is 0. The van der Waals surface area contributed by atoms with Gasteiger partial charge in [-0.15, -0.1) is 0 Å². The fraction of sp³-hybridized carbons (Fsp3) is 0.591. The van der Waals surface area contributed by atoms with Crippen molar-refractivity contribution < 1.29 is 14.6 Å². The van der Waals surface area contributed by atoms with E-state index in [1.165, 1.54) is 0 Å². The van der Waals surface area contributed by atoms with E-state index in [0.29, 0.717) is 5.41 Å². The molecule has 1 aliphatic heterocycles. The highest BCUT2D eigenvalue weighted by atomic mass is 16.6. The van der Waals surface area contributed by atoms with Gasteiger partial charge in [0.15, 0.2) is 0 Å². The monoisotopic (exact) mass is 372 g/mol. The Bertz CT molecular complexity index is 820. The number of carbonyl (C=O) groups is 1. The van der Waals surface area contributed by atoms with E-state index in [-0.39, 0.29) is 12.7 Å². The Balaban J connectivity index is 1.95. The molecule has 148 valence electrons. The summed E-state index contributed by atoms with van der Waals surface area (Å²) in [4.78, 5) is 15.4. The number of aromatic nitrogens is 1. The van der Waals surface area contributed by atoms with Gasteiger partial charge in [0.05, 0.1) is 12.1 Å². The Morgan fingerprint density at radius 1 is 1.19 bits per heavy atom. The molecule has 0 atom stereocenters. The normalized spacial score (nSPS) is 18.0. The smallest absolute Gasteiger partial charge is 0.419 e. The van der Waals surface area contributed by atoms with Gasteiger partial charge in [0.2, 0.25) is 0 Å². The van der Waals surface area contributed by atoms with E-state index in [2.05, 4.69) is 24.8 Å². The van der Waals surface area contributed by atoms with Crippen LogP contribution in [0, 0.1) is 5.41 Å². The van der Waals surface area contributed by atoms with E-state index >= 15 is 0 Å². The standard InChI is InChI=1S/C22H32N2O3/c1-21(2,3)27-20(26)24-18(14-23-10-8-22(4,5)9-11-23)13-17-7-6-16(15-25)12-19(17)24/h6-7,12-13,25H,8-11,14-15H2,1-5H3. The van der Waals surface area contributed by atoms with Gasteiger partial charge in [-0.05, 0) is 69.8 Å². The number of benzene rings is 1. The molecule has 0 aliphatic carbocycles. The van der Waals surface area contributed by atoms with Crippen molar-refractivity contribution in [1.82, 2.24) is 9.47 Å². The predicted molar refractivity (Wildman–Crippen MR) is 108 cm³/mol. The van der Waals surface area contributed by atoms with Crippen LogP contribution in [0.2, 0.25) is 0 Å². The zero-order valence-electron chi connectivity index (χ0n) is 17.2. The zero-order chi connectivity index (χ0) is 19.8. The zero-order valence-corrected chi connectivity index (χ0v) is 17.2. The number of hydrogen-bond donors (Lipinski definition) is 1. The van der Waals surface area contributed by atoms with E-state index in [1.807, 2.05) is 39.0 Å². The van der Waals surface area contributed by atoms with E-state index in [4.69, 9.17) is 4.74 Å². The Morgan fingerprint density at radius 3 is 2.44 bits per heavy atom. The predicted octanol–water partition coefficient (Wildman–Crippen LogP) is 4.54. The second-order valence-corrected chi connectivity index (χ2v) is 9.44. The Hall–Kier alpha value is -1.85. The number of hydrogen-bond acceptors (Lipinski definition) is 4. The van der Waals surface area contributed by atoms with Crippen LogP contribution in [-0.4, -0.2) is 39.4 Å². The third-order valence-corrected chi connectivity index (χ3v) is 5.30. The minimum Gasteiger partial charge on any atom is -0.443 e. The van der Waals surface area contributed by atoms with Crippen LogP contribution in [-0.2, 0) is 17.9 Å². The van der Waals surface area contributed by atoms with E-state index < -0.39 is 5.60 Å². The molecule has 2 aromatic rings. The van der Waals surface area contributed by atoms with Crippen molar-refractivity contribution in [2.45, 2.75) is 66.2 Å². The SMILES string of the molecule is CC1(C)CCN(Cc2cc3ccc(CO)cc3n2C(=O)OC(C)(C)C)CC1. The van der Waals surface area contributed by atoms with Crippen molar-refractivity contribution in [2.75, 3.05) is 13.1 Å². The number of fused-ring (bicyclic) bond motifs is 1. The lowest BCUT2D eigenvalue weighted by Gasteiger charge is -2.37. The highest BCUT2D eigenvalue weighted by Crippen LogP contribution is 2.31. The van der Waals surface area contributed by atoms with Crippen LogP contribution in [0.25, 0.3) is 10.9 Å². The molecule has 27 heavy (non-hydrogen) atoms. The lowest BCUT2D eigenvalue weighted by Crippen LogP contribution is -2.37. The summed E-state index contributed by atoms with van der Waals surface area (Å²) in [6.45, 7) is 13.0. The molecule has 5 heteroatoms. The van der Waals surface area contributed by atoms with Crippen LogP contribution in [0.4, 0.5) is 4.79 Å². The maximum Gasteiger partial charge on any atom is 0.419 e. The highest BCUT2D eigenvalue weighted by molar-refractivity contribution is 5.91. The molecule has 0 radical (unpaired) electrons. The molecule has 0 saturated carbocycles. The number of carbonyl (C=O) groups excluding carboxylic acids is 1. The van der Waals surface area contributed by atoms with Crippen molar-refractivity contribution in [3.63, 3.8) is 0 Å². The third-order valence-electron chi connectivity index (χ3n) is 5.30. The number of likely N-dealkylation sites (tertiary alicyclic amines) is 1. The lowest BCUT2D eigenvalue weighted by molar-refractivity contribution is 0.0531. The summed E-state index contributed by atoms with van der Waals surface area (Å²) in [6, 6.07) is 7.81. The molecule has 0 bridgehead atoms. The van der Waals surface area contributed by atoms with Crippen molar-refractivity contribution in [1.29, 1.82) is 0 Å². The van der Waals surface area contributed by atoms with Crippen LogP contribution in [0.1, 0.15) is 58.7 Å². The molecule has 3 rings (SSSR count). The largest absolute Gasteiger partial charge is 0.443 e. The lowest BCUT2D eigenvalue weighted by atomic mass is 9.83. The molecular weight excluding hydrogens is 340 g/mol. The van der Waals surface area contributed by atoms with Gasteiger partial charge in [-0.25, -0.2) is 9.36 Å². The number of piperidine rings is 1. The van der Waals surface area contributed by atoms with Gasteiger partial charge in [-0.2, -0.15) is 0 Å². The molecule has 1 N–H and O–H groups in total. The van der Waals surface area contributed by atoms with Crippen molar-refractivity contribution >= 4 is 17.0 Å². The summed E-state index contributed by atoms with van der Waals surface area (Å²) in [6.07, 6.45) is 1.96. The molecular formula is C22H32N2O3. The van der Waals surface area contributed by atoms with Gasteiger partial charge in [0, 0.05) is 17.6 Å². The molecule has 0 amide bonds. The molecule has 5 nitrogen and oxygen atoms in total. The molecule has 1 saturated heterocycles. The number of nitrogens with zero attached hydrogens (tertiary/aromatic N) is 2. The van der Waals surface area contributed by atoms with E-state index in [9.17, 15) is 9.90 Å². The molecule has 1 aromatic heterocycles. The van der Waals surface area contributed by atoms with Crippen LogP contribution in [0.15, 0.2) is 24.3 Å². The van der Waals surface area contributed by atoms with Gasteiger partial charge in [-0.1, -0.05) is 26.0 Å². The second kappa shape index (κ2) is 7.28. The minimum absolute atomic E-state index is 0.0496. The van der Waals surface area contributed by atoms with Gasteiger partial charge in [0.1, 0.15) is 5.60 Å². The van der Waals surface area contributed by atoms with Crippen LogP contribution >= 0.6 is 0 Å². The van der Waals surface area contributed by atoms with E-state index in [1.54, 1.807) is 4.57 Å². The van der Waals surface area contributed by atoms with Crippen molar-refractivity contribution in [3.05, 3.63) is 35.5 Å². The summed E-state index contributed by atoms with van der Waals surface area (Å²) >= 11 is 0. The van der Waals surface area contributed by atoms with Gasteiger partial charge >= 0.3 is 6.09 Å². The molecule has 2 heterocycles. The average molecular weight is 373 g/mol. The first-order valence-corrected chi connectivity index (χ1v) is 9.78. The molecule has 0 unspecified atom stereocenters. The topological polar surface area (TPSA) is 54.7 Å². The molecule has 0 spiro atoms. The highest BCUT2D eigenvalue weighted by Gasteiger charge is 2.27. The van der Waals surface area contributed by atoms with Gasteiger partial charge < -0.3 is 9.84 Å². The number of rotatable bonds is 3. The quantitative estimate of drug-likeness (QED) is 0.859. The summed E-state index contributed by atoms with van der Waals surface area (Å²) in [5, 5.41) is 10.5. The van der Waals surface area contributed by atoms with Crippen molar-refractivity contribution in [2.24, 2.45) is 5.41 Å². The van der Waals surface area contributed by atoms with Gasteiger partial charge in [0.25, 0.3) is 0 Å². The summed E-state index contributed by atoms with van der Waals surface area (Å²) in [7, 11) is 0. The second-order valence-electron chi connectivity index (χ2n) is 9.44. The Kier molecular flexibility index (Phi) is 5.37. The molecule has 1 fully saturated rings. The maximum absolute atomic E-state index is 13.0. The first-order valence-electron chi connectivity index (χ1n) is 9.78. The fourth-order valence-electron chi connectivity index (χ4n) is 3.59. The Labute approximate surface area is 161 Å². The van der Waals surface area contributed by atoms with Gasteiger partial charge in [-0.3, -0.25) is 4.90 Å². The number of aliphatic hydroxyl groups is 1. The molecule has 1 aliphatic rings. The number of ether oxygens (including phenoxy) is 1. The average Bonchev–Trinajstić information content (AvgIpc) is 2.92. The van der Waals surface area contributed by atoms with Crippen LogP contribution < -0.4 is 0 Å². The third kappa shape index (κ3) is 4.71. The first kappa shape index (κ1) is 19.9. The first-order chi connectivity index (χ1) is 12.6. The Morgan fingerprint density at radius 2 is 1.85 bits per heavy atom.